The Labute approximate surface area is 182 Å². The Balaban J connectivity index is 1.42. The minimum atomic E-state index is -0.109. The summed E-state index contributed by atoms with van der Waals surface area (Å²) in [5.74, 6) is 1.11. The van der Waals surface area contributed by atoms with E-state index in [4.69, 9.17) is 16.3 Å². The van der Waals surface area contributed by atoms with Crippen molar-refractivity contribution in [2.45, 2.75) is 32.2 Å². The molecule has 1 fully saturated rings. The number of urea groups is 1. The summed E-state index contributed by atoms with van der Waals surface area (Å²) >= 11 is 5.89. The van der Waals surface area contributed by atoms with Gasteiger partial charge in [-0.05, 0) is 55.5 Å². The van der Waals surface area contributed by atoms with Crippen LogP contribution in [-0.4, -0.2) is 37.0 Å². The first-order valence-electron chi connectivity index (χ1n) is 10.2. The summed E-state index contributed by atoms with van der Waals surface area (Å²) < 4.78 is 5.31. The van der Waals surface area contributed by atoms with Crippen LogP contribution in [0.25, 0.3) is 0 Å². The number of methoxy groups -OCH3 is 1. The van der Waals surface area contributed by atoms with E-state index in [0.29, 0.717) is 30.5 Å². The predicted molar refractivity (Wildman–Crippen MR) is 119 cm³/mol. The van der Waals surface area contributed by atoms with E-state index in [-0.39, 0.29) is 11.9 Å². The van der Waals surface area contributed by atoms with Gasteiger partial charge in [0.2, 0.25) is 5.91 Å². The molecule has 0 bridgehead atoms. The fraction of sp³-hybridized carbons (Fsp3) is 0.391. The molecule has 1 aliphatic rings. The summed E-state index contributed by atoms with van der Waals surface area (Å²) in [7, 11) is 1.62. The van der Waals surface area contributed by atoms with Gasteiger partial charge in [0.25, 0.3) is 0 Å². The molecule has 3 amide bonds. The number of carbonyl (C=O) groups is 2. The van der Waals surface area contributed by atoms with Gasteiger partial charge < -0.3 is 20.3 Å². The van der Waals surface area contributed by atoms with Gasteiger partial charge in [-0.15, -0.1) is 0 Å². The molecule has 0 unspecified atom stereocenters. The first-order valence-corrected chi connectivity index (χ1v) is 10.6. The van der Waals surface area contributed by atoms with Crippen molar-refractivity contribution in [3.8, 4) is 5.75 Å². The first-order chi connectivity index (χ1) is 14.5. The van der Waals surface area contributed by atoms with Crippen molar-refractivity contribution < 1.29 is 14.3 Å². The molecule has 1 saturated heterocycles. The van der Waals surface area contributed by atoms with Gasteiger partial charge in [-0.1, -0.05) is 29.8 Å². The highest BCUT2D eigenvalue weighted by molar-refractivity contribution is 6.30. The quantitative estimate of drug-likeness (QED) is 0.670. The zero-order valence-electron chi connectivity index (χ0n) is 17.2. The average molecular weight is 430 g/mol. The van der Waals surface area contributed by atoms with Crippen LogP contribution in [0.4, 0.5) is 10.5 Å². The Bertz CT molecular complexity index is 857. The number of hydrogen-bond acceptors (Lipinski definition) is 3. The lowest BCUT2D eigenvalue weighted by molar-refractivity contribution is -0.121. The monoisotopic (exact) mass is 429 g/mol. The van der Waals surface area contributed by atoms with E-state index in [1.807, 2.05) is 29.2 Å². The lowest BCUT2D eigenvalue weighted by atomic mass is 9.93. The lowest BCUT2D eigenvalue weighted by Gasteiger charge is -2.32. The van der Waals surface area contributed by atoms with Crippen LogP contribution in [0.15, 0.2) is 48.5 Å². The third-order valence-electron chi connectivity index (χ3n) is 5.35. The van der Waals surface area contributed by atoms with Crippen molar-refractivity contribution in [1.29, 1.82) is 0 Å². The number of likely N-dealkylation sites (tertiary alicyclic amines) is 1. The molecule has 2 aromatic rings. The standard InChI is InChI=1S/C23H28ClN3O3/c1-30-21-7-3-2-6-18(21)15-25-22(28)13-8-17-5-4-14-27(16-17)23(29)26-20-11-9-19(24)10-12-20/h2-3,6-7,9-12,17H,4-5,8,13-16H2,1H3,(H,25,28)(H,26,29)/t17-/m0/s1. The number of amides is 3. The van der Waals surface area contributed by atoms with Gasteiger partial charge >= 0.3 is 6.03 Å². The normalized spacial score (nSPS) is 16.1. The fourth-order valence-electron chi connectivity index (χ4n) is 3.69. The molecular weight excluding hydrogens is 402 g/mol. The van der Waals surface area contributed by atoms with Crippen LogP contribution < -0.4 is 15.4 Å². The van der Waals surface area contributed by atoms with Gasteiger partial charge in [-0.2, -0.15) is 0 Å². The van der Waals surface area contributed by atoms with E-state index >= 15 is 0 Å². The van der Waals surface area contributed by atoms with Crippen molar-refractivity contribution in [2.24, 2.45) is 5.92 Å². The Morgan fingerprint density at radius 1 is 1.17 bits per heavy atom. The maximum absolute atomic E-state index is 12.5. The number of para-hydroxylation sites is 1. The van der Waals surface area contributed by atoms with Gasteiger partial charge in [0, 0.05) is 42.3 Å². The molecule has 160 valence electrons. The van der Waals surface area contributed by atoms with Crippen LogP contribution in [0.1, 0.15) is 31.2 Å². The zero-order valence-corrected chi connectivity index (χ0v) is 18.0. The van der Waals surface area contributed by atoms with Crippen LogP contribution >= 0.6 is 11.6 Å². The molecule has 2 aromatic carbocycles. The van der Waals surface area contributed by atoms with Crippen molar-refractivity contribution in [3.63, 3.8) is 0 Å². The molecule has 3 rings (SSSR count). The van der Waals surface area contributed by atoms with E-state index in [0.717, 1.165) is 42.8 Å². The molecule has 30 heavy (non-hydrogen) atoms. The van der Waals surface area contributed by atoms with Crippen LogP contribution in [0, 0.1) is 5.92 Å². The second kappa shape index (κ2) is 10.9. The minimum Gasteiger partial charge on any atom is -0.496 e. The van der Waals surface area contributed by atoms with Crippen LogP contribution in [-0.2, 0) is 11.3 Å². The highest BCUT2D eigenvalue weighted by atomic mass is 35.5. The van der Waals surface area contributed by atoms with Gasteiger partial charge in [0.05, 0.1) is 7.11 Å². The summed E-state index contributed by atoms with van der Waals surface area (Å²) in [6.45, 7) is 1.85. The van der Waals surface area contributed by atoms with Gasteiger partial charge in [-0.3, -0.25) is 4.79 Å². The Morgan fingerprint density at radius 2 is 1.93 bits per heavy atom. The Morgan fingerprint density at radius 3 is 2.70 bits per heavy atom. The van der Waals surface area contributed by atoms with Crippen LogP contribution in [0.2, 0.25) is 5.02 Å². The molecule has 0 aliphatic carbocycles. The number of nitrogens with one attached hydrogen (secondary N) is 2. The second-order valence-corrected chi connectivity index (χ2v) is 7.96. The summed E-state index contributed by atoms with van der Waals surface area (Å²) in [5.41, 5.74) is 1.68. The predicted octanol–water partition coefficient (Wildman–Crippen LogP) is 4.69. The zero-order chi connectivity index (χ0) is 21.3. The van der Waals surface area contributed by atoms with Gasteiger partial charge in [0.15, 0.2) is 0 Å². The third kappa shape index (κ3) is 6.39. The number of nitrogens with zero attached hydrogens (tertiary/aromatic N) is 1. The van der Waals surface area contributed by atoms with E-state index in [2.05, 4.69) is 10.6 Å². The number of hydrogen-bond donors (Lipinski definition) is 2. The van der Waals surface area contributed by atoms with Crippen molar-refractivity contribution in [2.75, 3.05) is 25.5 Å². The number of carbonyl (C=O) groups excluding carboxylic acids is 2. The molecule has 0 aromatic heterocycles. The molecule has 1 aliphatic heterocycles. The Hall–Kier alpha value is -2.73. The molecule has 1 atom stereocenters. The number of ether oxygens (including phenoxy) is 1. The SMILES string of the molecule is COc1ccccc1CNC(=O)CC[C@@H]1CCCN(C(=O)Nc2ccc(Cl)cc2)C1. The summed E-state index contributed by atoms with van der Waals surface area (Å²) in [6.07, 6.45) is 3.20. The van der Waals surface area contributed by atoms with E-state index in [9.17, 15) is 9.59 Å². The Kier molecular flexibility index (Phi) is 7.97. The smallest absolute Gasteiger partial charge is 0.321 e. The number of anilines is 1. The largest absolute Gasteiger partial charge is 0.496 e. The summed E-state index contributed by atoms with van der Waals surface area (Å²) in [4.78, 5) is 26.7. The van der Waals surface area contributed by atoms with E-state index in [1.165, 1.54) is 0 Å². The molecule has 7 heteroatoms. The maximum atomic E-state index is 12.5. The lowest BCUT2D eigenvalue weighted by Crippen LogP contribution is -2.42. The number of benzene rings is 2. The third-order valence-corrected chi connectivity index (χ3v) is 5.60. The molecule has 0 saturated carbocycles. The van der Waals surface area contributed by atoms with Gasteiger partial charge in [-0.25, -0.2) is 4.79 Å². The molecule has 0 radical (unpaired) electrons. The molecule has 0 spiro atoms. The van der Waals surface area contributed by atoms with Crippen LogP contribution in [0.3, 0.4) is 0 Å². The number of rotatable bonds is 7. The average Bonchev–Trinajstić information content (AvgIpc) is 2.78. The van der Waals surface area contributed by atoms with Crippen molar-refractivity contribution in [1.82, 2.24) is 10.2 Å². The molecule has 1 heterocycles. The first kappa shape index (κ1) is 22.0. The van der Waals surface area contributed by atoms with Gasteiger partial charge in [0.1, 0.15) is 5.75 Å². The maximum Gasteiger partial charge on any atom is 0.321 e. The van der Waals surface area contributed by atoms with E-state index < -0.39 is 0 Å². The molecule has 6 nitrogen and oxygen atoms in total. The highest BCUT2D eigenvalue weighted by Gasteiger charge is 2.24. The topological polar surface area (TPSA) is 70.7 Å². The minimum absolute atomic E-state index is 0.0173. The summed E-state index contributed by atoms with van der Waals surface area (Å²) in [6, 6.07) is 14.6. The number of halogens is 1. The molecular formula is C23H28ClN3O3. The van der Waals surface area contributed by atoms with Crippen molar-refractivity contribution >= 4 is 29.2 Å². The summed E-state index contributed by atoms with van der Waals surface area (Å²) in [5, 5.41) is 6.51. The fourth-order valence-corrected chi connectivity index (χ4v) is 3.81. The van der Waals surface area contributed by atoms with Crippen LogP contribution in [0.5, 0.6) is 5.75 Å². The number of piperidine rings is 1. The highest BCUT2D eigenvalue weighted by Crippen LogP contribution is 2.22. The molecule has 2 N–H and O–H groups in total. The van der Waals surface area contributed by atoms with E-state index in [1.54, 1.807) is 31.4 Å². The van der Waals surface area contributed by atoms with Crippen molar-refractivity contribution in [3.05, 3.63) is 59.1 Å². The second-order valence-electron chi connectivity index (χ2n) is 7.52.